The van der Waals surface area contributed by atoms with Crippen LogP contribution in [0.4, 0.5) is 0 Å². The summed E-state index contributed by atoms with van der Waals surface area (Å²) < 4.78 is 5.37. The molecule has 6 nitrogen and oxygen atoms in total. The lowest BCUT2D eigenvalue weighted by Crippen LogP contribution is -2.35. The zero-order chi connectivity index (χ0) is 19.8. The van der Waals surface area contributed by atoms with Crippen LogP contribution >= 0.6 is 0 Å². The molecule has 0 aliphatic rings. The fourth-order valence-electron chi connectivity index (χ4n) is 2.95. The van der Waals surface area contributed by atoms with Gasteiger partial charge in [-0.2, -0.15) is 4.98 Å². The van der Waals surface area contributed by atoms with Crippen LogP contribution in [0.5, 0.6) is 0 Å². The van der Waals surface area contributed by atoms with Crippen LogP contribution in [0.25, 0.3) is 11.4 Å². The van der Waals surface area contributed by atoms with Gasteiger partial charge in [-0.1, -0.05) is 49.3 Å². The van der Waals surface area contributed by atoms with Crippen LogP contribution < -0.4 is 0 Å². The standard InChI is InChI=1S/C22H26N4O2/c1-17(2)16-21(27)26(14-10-18-6-4-3-5-7-18)15-11-20-24-22(25-28-20)19-8-12-23-13-9-19/h3-9,12-13,17H,10-11,14-16H2,1-2H3. The second-order valence-electron chi connectivity index (χ2n) is 7.21. The summed E-state index contributed by atoms with van der Waals surface area (Å²) in [7, 11) is 0. The van der Waals surface area contributed by atoms with Gasteiger partial charge in [0.15, 0.2) is 0 Å². The molecule has 0 radical (unpaired) electrons. The fourth-order valence-corrected chi connectivity index (χ4v) is 2.95. The Morgan fingerprint density at radius 3 is 2.46 bits per heavy atom. The van der Waals surface area contributed by atoms with Gasteiger partial charge in [-0.3, -0.25) is 9.78 Å². The quantitative estimate of drug-likeness (QED) is 0.566. The van der Waals surface area contributed by atoms with E-state index in [1.165, 1.54) is 5.56 Å². The molecule has 2 aromatic heterocycles. The van der Waals surface area contributed by atoms with E-state index in [1.807, 2.05) is 35.2 Å². The molecule has 2 heterocycles. The molecule has 1 aromatic carbocycles. The van der Waals surface area contributed by atoms with Gasteiger partial charge < -0.3 is 9.42 Å². The molecule has 0 atom stereocenters. The predicted octanol–water partition coefficient (Wildman–Crippen LogP) is 3.79. The summed E-state index contributed by atoms with van der Waals surface area (Å²) >= 11 is 0. The van der Waals surface area contributed by atoms with Crippen LogP contribution in [0.2, 0.25) is 0 Å². The second kappa shape index (κ2) is 9.78. The Labute approximate surface area is 165 Å². The van der Waals surface area contributed by atoms with E-state index in [0.717, 1.165) is 12.0 Å². The molecule has 0 saturated carbocycles. The Kier molecular flexibility index (Phi) is 6.89. The zero-order valence-electron chi connectivity index (χ0n) is 16.4. The van der Waals surface area contributed by atoms with Crippen molar-refractivity contribution < 1.29 is 9.32 Å². The normalized spacial score (nSPS) is 11.0. The molecular formula is C22H26N4O2. The molecule has 0 aliphatic carbocycles. The minimum atomic E-state index is 0.166. The number of hydrogen-bond donors (Lipinski definition) is 0. The number of rotatable bonds is 9. The van der Waals surface area contributed by atoms with Crippen molar-refractivity contribution in [3.63, 3.8) is 0 Å². The van der Waals surface area contributed by atoms with Crippen molar-refractivity contribution in [2.75, 3.05) is 13.1 Å². The number of amides is 1. The molecule has 0 spiro atoms. The third-order valence-electron chi connectivity index (χ3n) is 4.45. The third kappa shape index (κ3) is 5.74. The monoisotopic (exact) mass is 378 g/mol. The van der Waals surface area contributed by atoms with Gasteiger partial charge in [0.2, 0.25) is 17.6 Å². The van der Waals surface area contributed by atoms with Crippen molar-refractivity contribution in [3.05, 3.63) is 66.3 Å². The Morgan fingerprint density at radius 2 is 1.75 bits per heavy atom. The van der Waals surface area contributed by atoms with Gasteiger partial charge in [0, 0.05) is 43.9 Å². The molecule has 6 heteroatoms. The zero-order valence-corrected chi connectivity index (χ0v) is 16.4. The van der Waals surface area contributed by atoms with Crippen LogP contribution in [0.3, 0.4) is 0 Å². The van der Waals surface area contributed by atoms with E-state index in [0.29, 0.717) is 43.6 Å². The molecule has 1 amide bonds. The average Bonchev–Trinajstić information content (AvgIpc) is 3.18. The molecular weight excluding hydrogens is 352 g/mol. The number of pyridine rings is 1. The Bertz CT molecular complexity index is 863. The number of benzene rings is 1. The van der Waals surface area contributed by atoms with Crippen molar-refractivity contribution in [1.29, 1.82) is 0 Å². The number of carbonyl (C=O) groups excluding carboxylic acids is 1. The molecule has 0 N–H and O–H groups in total. The number of aromatic nitrogens is 3. The maximum Gasteiger partial charge on any atom is 0.228 e. The first-order chi connectivity index (χ1) is 13.6. The van der Waals surface area contributed by atoms with Gasteiger partial charge in [0.25, 0.3) is 0 Å². The largest absolute Gasteiger partial charge is 0.342 e. The van der Waals surface area contributed by atoms with Gasteiger partial charge in [0.05, 0.1) is 0 Å². The lowest BCUT2D eigenvalue weighted by molar-refractivity contribution is -0.132. The molecule has 0 aliphatic heterocycles. The van der Waals surface area contributed by atoms with Crippen molar-refractivity contribution in [1.82, 2.24) is 20.0 Å². The van der Waals surface area contributed by atoms with Gasteiger partial charge in [-0.15, -0.1) is 0 Å². The van der Waals surface area contributed by atoms with Crippen LogP contribution in [-0.4, -0.2) is 39.0 Å². The van der Waals surface area contributed by atoms with Crippen molar-refractivity contribution in [2.24, 2.45) is 5.92 Å². The van der Waals surface area contributed by atoms with Gasteiger partial charge in [0.1, 0.15) is 0 Å². The highest BCUT2D eigenvalue weighted by Gasteiger charge is 2.17. The molecule has 0 fully saturated rings. The van der Waals surface area contributed by atoms with E-state index in [2.05, 4.69) is 41.1 Å². The fraction of sp³-hybridized carbons (Fsp3) is 0.364. The highest BCUT2D eigenvalue weighted by atomic mass is 16.5. The van der Waals surface area contributed by atoms with E-state index in [-0.39, 0.29) is 5.91 Å². The van der Waals surface area contributed by atoms with Gasteiger partial charge in [-0.05, 0) is 30.0 Å². The Balaban J connectivity index is 1.62. The van der Waals surface area contributed by atoms with Gasteiger partial charge in [-0.25, -0.2) is 0 Å². The van der Waals surface area contributed by atoms with Crippen LogP contribution in [0.1, 0.15) is 31.7 Å². The number of carbonyl (C=O) groups is 1. The lowest BCUT2D eigenvalue weighted by Gasteiger charge is -2.23. The molecule has 0 unspecified atom stereocenters. The SMILES string of the molecule is CC(C)CC(=O)N(CCc1ccccc1)CCc1nc(-c2ccncc2)no1. The Hall–Kier alpha value is -3.02. The predicted molar refractivity (Wildman–Crippen MR) is 107 cm³/mol. The summed E-state index contributed by atoms with van der Waals surface area (Å²) in [6.07, 6.45) is 5.30. The lowest BCUT2D eigenvalue weighted by atomic mass is 10.1. The summed E-state index contributed by atoms with van der Waals surface area (Å²) in [6.45, 7) is 5.37. The van der Waals surface area contributed by atoms with E-state index >= 15 is 0 Å². The van der Waals surface area contributed by atoms with Crippen molar-refractivity contribution in [2.45, 2.75) is 33.1 Å². The molecule has 146 valence electrons. The maximum absolute atomic E-state index is 12.7. The first-order valence-corrected chi connectivity index (χ1v) is 9.66. The van der Waals surface area contributed by atoms with E-state index in [1.54, 1.807) is 12.4 Å². The maximum atomic E-state index is 12.7. The first-order valence-electron chi connectivity index (χ1n) is 9.66. The highest BCUT2D eigenvalue weighted by molar-refractivity contribution is 5.76. The molecule has 0 saturated heterocycles. The topological polar surface area (TPSA) is 72.1 Å². The van der Waals surface area contributed by atoms with E-state index < -0.39 is 0 Å². The summed E-state index contributed by atoms with van der Waals surface area (Å²) in [4.78, 5) is 23.0. The summed E-state index contributed by atoms with van der Waals surface area (Å²) in [5.74, 6) is 1.57. The van der Waals surface area contributed by atoms with Crippen LogP contribution in [-0.2, 0) is 17.6 Å². The van der Waals surface area contributed by atoms with Gasteiger partial charge >= 0.3 is 0 Å². The minimum absolute atomic E-state index is 0.166. The number of nitrogens with zero attached hydrogens (tertiary/aromatic N) is 4. The van der Waals surface area contributed by atoms with E-state index in [9.17, 15) is 4.79 Å². The van der Waals surface area contributed by atoms with Crippen LogP contribution in [0.15, 0.2) is 59.4 Å². The van der Waals surface area contributed by atoms with Crippen LogP contribution in [0, 0.1) is 5.92 Å². The molecule has 3 aromatic rings. The van der Waals surface area contributed by atoms with Crippen molar-refractivity contribution in [3.8, 4) is 11.4 Å². The second-order valence-corrected chi connectivity index (χ2v) is 7.21. The first kappa shape index (κ1) is 19.7. The smallest absolute Gasteiger partial charge is 0.228 e. The average molecular weight is 378 g/mol. The third-order valence-corrected chi connectivity index (χ3v) is 4.45. The number of hydrogen-bond acceptors (Lipinski definition) is 5. The minimum Gasteiger partial charge on any atom is -0.342 e. The summed E-state index contributed by atoms with van der Waals surface area (Å²) in [5.41, 5.74) is 2.09. The van der Waals surface area contributed by atoms with E-state index in [4.69, 9.17) is 4.52 Å². The van der Waals surface area contributed by atoms with Crippen molar-refractivity contribution >= 4 is 5.91 Å². The molecule has 0 bridgehead atoms. The highest BCUT2D eigenvalue weighted by Crippen LogP contribution is 2.15. The Morgan fingerprint density at radius 1 is 1.04 bits per heavy atom. The summed E-state index contributed by atoms with van der Waals surface area (Å²) in [6, 6.07) is 13.9. The molecule has 3 rings (SSSR count). The molecule has 28 heavy (non-hydrogen) atoms. The summed E-state index contributed by atoms with van der Waals surface area (Å²) in [5, 5.41) is 4.03.